The van der Waals surface area contributed by atoms with Crippen LogP contribution in [0.3, 0.4) is 0 Å². The monoisotopic (exact) mass is 376 g/mol. The Bertz CT molecular complexity index is 826. The summed E-state index contributed by atoms with van der Waals surface area (Å²) >= 11 is 0. The smallest absolute Gasteiger partial charge is 0.331 e. The first kappa shape index (κ1) is 20.1. The van der Waals surface area contributed by atoms with Crippen molar-refractivity contribution in [2.24, 2.45) is 0 Å². The molecule has 0 aromatic heterocycles. The highest BCUT2D eigenvalue weighted by Gasteiger charge is 2.43. The summed E-state index contributed by atoms with van der Waals surface area (Å²) in [7, 11) is 0. The molecule has 0 atom stereocenters. The van der Waals surface area contributed by atoms with E-state index in [4.69, 9.17) is 4.74 Å². The molecule has 0 amide bonds. The Morgan fingerprint density at radius 1 is 0.929 bits per heavy atom. The van der Waals surface area contributed by atoms with E-state index in [2.05, 4.69) is 13.8 Å². The summed E-state index contributed by atoms with van der Waals surface area (Å²) in [4.78, 5) is 25.8. The number of ether oxygens (including phenoxy) is 1. The van der Waals surface area contributed by atoms with Crippen molar-refractivity contribution in [3.63, 3.8) is 0 Å². The van der Waals surface area contributed by atoms with Gasteiger partial charge in [-0.1, -0.05) is 74.9 Å². The van der Waals surface area contributed by atoms with E-state index >= 15 is 0 Å². The van der Waals surface area contributed by atoms with Gasteiger partial charge < -0.3 is 4.74 Å². The molecule has 0 heterocycles. The highest BCUT2D eigenvalue weighted by molar-refractivity contribution is 6.04. The van der Waals surface area contributed by atoms with Crippen molar-refractivity contribution in [2.45, 2.75) is 57.5 Å². The van der Waals surface area contributed by atoms with Crippen molar-refractivity contribution >= 4 is 17.8 Å². The first-order valence-corrected chi connectivity index (χ1v) is 10.1. The minimum absolute atomic E-state index is 0.0797. The molecule has 1 fully saturated rings. The van der Waals surface area contributed by atoms with E-state index < -0.39 is 11.6 Å². The molecule has 1 aliphatic rings. The van der Waals surface area contributed by atoms with Crippen molar-refractivity contribution in [1.29, 1.82) is 0 Å². The number of Topliss-reactive ketones (excluding diaryl/α,β-unsaturated/α-hetero) is 1. The maximum atomic E-state index is 13.3. The van der Waals surface area contributed by atoms with Gasteiger partial charge in [0.15, 0.2) is 5.60 Å². The summed E-state index contributed by atoms with van der Waals surface area (Å²) in [5.74, 6) is -0.129. The van der Waals surface area contributed by atoms with Crippen molar-refractivity contribution in [2.75, 3.05) is 0 Å². The molecular formula is C25H28O3. The van der Waals surface area contributed by atoms with Crippen LogP contribution in [0, 0.1) is 0 Å². The molecule has 0 radical (unpaired) electrons. The third kappa shape index (κ3) is 4.78. The molecule has 0 saturated heterocycles. The second-order valence-electron chi connectivity index (χ2n) is 7.83. The van der Waals surface area contributed by atoms with Crippen LogP contribution in [-0.2, 0) is 9.53 Å². The number of esters is 1. The van der Waals surface area contributed by atoms with Crippen LogP contribution in [0.15, 0.2) is 60.7 Å². The van der Waals surface area contributed by atoms with Crippen molar-refractivity contribution in [1.82, 2.24) is 0 Å². The van der Waals surface area contributed by atoms with Gasteiger partial charge >= 0.3 is 5.97 Å². The molecule has 0 bridgehead atoms. The third-order valence-corrected chi connectivity index (χ3v) is 5.42. The Kier molecular flexibility index (Phi) is 6.45. The number of hydrogen-bond donors (Lipinski definition) is 0. The molecule has 1 saturated carbocycles. The number of carbonyl (C=O) groups excluding carboxylic acids is 2. The highest BCUT2D eigenvalue weighted by Crippen LogP contribution is 2.35. The Labute approximate surface area is 167 Å². The maximum Gasteiger partial charge on any atom is 0.331 e. The van der Waals surface area contributed by atoms with Crippen LogP contribution >= 0.6 is 0 Å². The zero-order valence-corrected chi connectivity index (χ0v) is 16.7. The van der Waals surface area contributed by atoms with E-state index in [9.17, 15) is 9.59 Å². The molecule has 146 valence electrons. The second-order valence-corrected chi connectivity index (χ2v) is 7.83. The van der Waals surface area contributed by atoms with E-state index in [0.29, 0.717) is 24.3 Å². The minimum Gasteiger partial charge on any atom is -0.447 e. The lowest BCUT2D eigenvalue weighted by Crippen LogP contribution is -2.44. The topological polar surface area (TPSA) is 43.4 Å². The van der Waals surface area contributed by atoms with Crippen LogP contribution in [-0.4, -0.2) is 17.4 Å². The molecule has 1 aliphatic carbocycles. The van der Waals surface area contributed by atoms with E-state index in [1.807, 2.05) is 54.6 Å². The SMILES string of the molecule is CC(C)c1ccc(C(=O)C2(OC(=O)/C=C/c3ccccc3)CCCCC2)cc1. The van der Waals surface area contributed by atoms with Crippen LogP contribution in [0.4, 0.5) is 0 Å². The van der Waals surface area contributed by atoms with E-state index in [1.54, 1.807) is 6.08 Å². The lowest BCUT2D eigenvalue weighted by atomic mass is 9.79. The van der Waals surface area contributed by atoms with Crippen LogP contribution in [0.25, 0.3) is 6.08 Å². The highest BCUT2D eigenvalue weighted by atomic mass is 16.6. The van der Waals surface area contributed by atoms with E-state index in [0.717, 1.165) is 24.8 Å². The van der Waals surface area contributed by atoms with Crippen LogP contribution in [0.1, 0.15) is 73.4 Å². The zero-order chi connectivity index (χ0) is 20.0. The summed E-state index contributed by atoms with van der Waals surface area (Å²) < 4.78 is 5.82. The van der Waals surface area contributed by atoms with Gasteiger partial charge in [0.1, 0.15) is 0 Å². The van der Waals surface area contributed by atoms with Gasteiger partial charge in [0.05, 0.1) is 0 Å². The number of benzene rings is 2. The average Bonchev–Trinajstić information content (AvgIpc) is 2.73. The molecular weight excluding hydrogens is 348 g/mol. The quantitative estimate of drug-likeness (QED) is 0.355. The fraction of sp³-hybridized carbons (Fsp3) is 0.360. The summed E-state index contributed by atoms with van der Waals surface area (Å²) in [5, 5.41) is 0. The molecule has 3 nitrogen and oxygen atoms in total. The van der Waals surface area contributed by atoms with Crippen LogP contribution < -0.4 is 0 Å². The van der Waals surface area contributed by atoms with E-state index in [-0.39, 0.29) is 5.78 Å². The molecule has 0 unspecified atom stereocenters. The van der Waals surface area contributed by atoms with E-state index in [1.165, 1.54) is 11.6 Å². The average molecular weight is 376 g/mol. The number of hydrogen-bond acceptors (Lipinski definition) is 3. The maximum absolute atomic E-state index is 13.3. The Morgan fingerprint density at radius 3 is 2.18 bits per heavy atom. The van der Waals surface area contributed by atoms with Crippen molar-refractivity contribution < 1.29 is 14.3 Å². The van der Waals surface area contributed by atoms with Gasteiger partial charge in [0.25, 0.3) is 0 Å². The first-order chi connectivity index (χ1) is 13.5. The molecule has 3 rings (SSSR count). The first-order valence-electron chi connectivity index (χ1n) is 10.1. The summed E-state index contributed by atoms with van der Waals surface area (Å²) in [6.07, 6.45) is 7.17. The molecule has 2 aromatic rings. The van der Waals surface area contributed by atoms with Gasteiger partial charge in [-0.3, -0.25) is 4.79 Å². The fourth-order valence-corrected chi connectivity index (χ4v) is 3.74. The fourth-order valence-electron chi connectivity index (χ4n) is 3.74. The van der Waals surface area contributed by atoms with Gasteiger partial charge in [0, 0.05) is 11.6 Å². The zero-order valence-electron chi connectivity index (χ0n) is 16.7. The Balaban J connectivity index is 1.78. The number of carbonyl (C=O) groups is 2. The summed E-state index contributed by atoms with van der Waals surface area (Å²) in [6.45, 7) is 4.25. The molecule has 0 spiro atoms. The van der Waals surface area contributed by atoms with Gasteiger partial charge in [-0.05, 0) is 48.8 Å². The Morgan fingerprint density at radius 2 is 1.57 bits per heavy atom. The van der Waals surface area contributed by atoms with Gasteiger partial charge in [-0.25, -0.2) is 4.79 Å². The number of ketones is 1. The van der Waals surface area contributed by atoms with Crippen LogP contribution in [0.5, 0.6) is 0 Å². The third-order valence-electron chi connectivity index (χ3n) is 5.42. The normalized spacial score (nSPS) is 16.2. The Hall–Kier alpha value is -2.68. The van der Waals surface area contributed by atoms with Gasteiger partial charge in [-0.15, -0.1) is 0 Å². The minimum atomic E-state index is -1.05. The summed E-state index contributed by atoms with van der Waals surface area (Å²) in [5.41, 5.74) is 1.69. The van der Waals surface area contributed by atoms with Crippen LogP contribution in [0.2, 0.25) is 0 Å². The largest absolute Gasteiger partial charge is 0.447 e. The molecule has 0 aliphatic heterocycles. The predicted octanol–water partition coefficient (Wildman–Crippen LogP) is 5.95. The predicted molar refractivity (Wildman–Crippen MR) is 112 cm³/mol. The molecule has 3 heteroatoms. The second kappa shape index (κ2) is 9.01. The summed E-state index contributed by atoms with van der Waals surface area (Å²) in [6, 6.07) is 17.3. The molecule has 2 aromatic carbocycles. The standard InChI is InChI=1S/C25H28O3/c1-19(2)21-12-14-22(15-13-21)24(27)25(17-7-4-8-18-25)28-23(26)16-11-20-9-5-3-6-10-20/h3,5-6,9-16,19H,4,7-8,17-18H2,1-2H3/b16-11+. The number of rotatable bonds is 6. The van der Waals surface area contributed by atoms with Gasteiger partial charge in [0.2, 0.25) is 5.78 Å². The lowest BCUT2D eigenvalue weighted by molar-refractivity contribution is -0.151. The molecule has 0 N–H and O–H groups in total. The molecule has 28 heavy (non-hydrogen) atoms. The van der Waals surface area contributed by atoms with Crippen molar-refractivity contribution in [3.05, 3.63) is 77.4 Å². The van der Waals surface area contributed by atoms with Crippen molar-refractivity contribution in [3.8, 4) is 0 Å². The lowest BCUT2D eigenvalue weighted by Gasteiger charge is -2.35. The van der Waals surface area contributed by atoms with Gasteiger partial charge in [-0.2, -0.15) is 0 Å².